The molecule has 0 saturated heterocycles. The van der Waals surface area contributed by atoms with Gasteiger partial charge in [-0.15, -0.1) is 0 Å². The number of hydrogen-bond acceptors (Lipinski definition) is 4. The molecule has 0 spiro atoms. The van der Waals surface area contributed by atoms with Gasteiger partial charge in [0, 0.05) is 12.5 Å². The zero-order valence-electron chi connectivity index (χ0n) is 12.6. The average molecular weight is 349 g/mol. The molecule has 24 heavy (non-hydrogen) atoms. The monoisotopic (exact) mass is 349 g/mol. The Balaban J connectivity index is 2.13. The van der Waals surface area contributed by atoms with E-state index in [2.05, 4.69) is 0 Å². The number of carboxylic acids is 1. The van der Waals surface area contributed by atoms with Gasteiger partial charge in [0.2, 0.25) is 0 Å². The number of aliphatic carboxylic acids is 1. The first-order chi connectivity index (χ1) is 11.4. The molecule has 7 heteroatoms. The molecule has 3 atom stereocenters. The maximum Gasteiger partial charge on any atom is 0.312 e. The van der Waals surface area contributed by atoms with E-state index in [0.717, 1.165) is 0 Å². The minimum absolute atomic E-state index is 0.0352. The molecular formula is C17H16FNO4S. The summed E-state index contributed by atoms with van der Waals surface area (Å²) in [6, 6.07) is 13.0. The van der Waals surface area contributed by atoms with Crippen molar-refractivity contribution in [1.29, 1.82) is 0 Å². The standard InChI is InChI=1S/C17H16FNO4S/c18-12-6-4-5-11(9-12)14-15(17(14,10-19)16(20)21)24(22,23)13-7-2-1-3-8-13/h1-9,14-15H,10,19H2,(H,20,21)/t14-,15-,17+/m0/s1. The molecule has 1 saturated carbocycles. The largest absolute Gasteiger partial charge is 0.481 e. The van der Waals surface area contributed by atoms with E-state index in [9.17, 15) is 22.7 Å². The Morgan fingerprint density at radius 1 is 1.17 bits per heavy atom. The van der Waals surface area contributed by atoms with Crippen molar-refractivity contribution in [3.05, 3.63) is 66.0 Å². The molecule has 2 aromatic carbocycles. The number of hydrogen-bond donors (Lipinski definition) is 2. The molecule has 0 aliphatic heterocycles. The lowest BCUT2D eigenvalue weighted by molar-refractivity contribution is -0.143. The van der Waals surface area contributed by atoms with Crippen molar-refractivity contribution in [2.75, 3.05) is 6.54 Å². The predicted molar refractivity (Wildman–Crippen MR) is 85.7 cm³/mol. The Bertz CT molecular complexity index is 884. The normalized spacial score (nSPS) is 26.1. The van der Waals surface area contributed by atoms with Gasteiger partial charge in [0.1, 0.15) is 11.2 Å². The van der Waals surface area contributed by atoms with Gasteiger partial charge in [-0.25, -0.2) is 12.8 Å². The highest BCUT2D eigenvalue weighted by Gasteiger charge is 2.75. The van der Waals surface area contributed by atoms with Gasteiger partial charge < -0.3 is 10.8 Å². The zero-order valence-corrected chi connectivity index (χ0v) is 13.4. The molecule has 1 aliphatic rings. The topological polar surface area (TPSA) is 97.5 Å². The average Bonchev–Trinajstić information content (AvgIpc) is 3.27. The number of carboxylic acid groups (broad SMARTS) is 1. The molecular weight excluding hydrogens is 333 g/mol. The first-order valence-electron chi connectivity index (χ1n) is 7.33. The molecule has 3 N–H and O–H groups in total. The smallest absolute Gasteiger partial charge is 0.312 e. The summed E-state index contributed by atoms with van der Waals surface area (Å²) in [4.78, 5) is 11.9. The van der Waals surface area contributed by atoms with Gasteiger partial charge in [-0.2, -0.15) is 0 Å². The first kappa shape index (κ1) is 16.6. The number of rotatable bonds is 5. The van der Waals surface area contributed by atoms with Crippen molar-refractivity contribution in [2.24, 2.45) is 11.1 Å². The fraction of sp³-hybridized carbons (Fsp3) is 0.235. The molecule has 0 bridgehead atoms. The van der Waals surface area contributed by atoms with Gasteiger partial charge in [0.25, 0.3) is 0 Å². The quantitative estimate of drug-likeness (QED) is 0.858. The van der Waals surface area contributed by atoms with Crippen LogP contribution in [-0.4, -0.2) is 31.3 Å². The molecule has 0 aromatic heterocycles. The van der Waals surface area contributed by atoms with E-state index in [4.69, 9.17) is 5.73 Å². The van der Waals surface area contributed by atoms with Crippen LogP contribution in [0.2, 0.25) is 0 Å². The number of benzene rings is 2. The van der Waals surface area contributed by atoms with Gasteiger partial charge in [0.05, 0.1) is 10.1 Å². The highest BCUT2D eigenvalue weighted by atomic mass is 32.2. The maximum atomic E-state index is 13.5. The third-order valence-electron chi connectivity index (χ3n) is 4.61. The summed E-state index contributed by atoms with van der Waals surface area (Å²) < 4.78 is 39.4. The molecule has 5 nitrogen and oxygen atoms in total. The van der Waals surface area contributed by atoms with E-state index in [1.165, 1.54) is 36.4 Å². The minimum atomic E-state index is -3.92. The molecule has 0 amide bonds. The van der Waals surface area contributed by atoms with Gasteiger partial charge in [0.15, 0.2) is 9.84 Å². The van der Waals surface area contributed by atoms with Crippen molar-refractivity contribution < 1.29 is 22.7 Å². The Hall–Kier alpha value is -2.25. The van der Waals surface area contributed by atoms with Gasteiger partial charge in [-0.1, -0.05) is 30.3 Å². The van der Waals surface area contributed by atoms with Gasteiger partial charge >= 0.3 is 5.97 Å². The Morgan fingerprint density at radius 2 is 1.83 bits per heavy atom. The van der Waals surface area contributed by atoms with Crippen molar-refractivity contribution >= 4 is 15.8 Å². The molecule has 2 aromatic rings. The summed E-state index contributed by atoms with van der Waals surface area (Å²) in [5.41, 5.74) is 4.34. The van der Waals surface area contributed by atoms with Gasteiger partial charge in [-0.05, 0) is 29.8 Å². The van der Waals surface area contributed by atoms with Crippen LogP contribution in [0.3, 0.4) is 0 Å². The lowest BCUT2D eigenvalue weighted by atomic mass is 9.99. The molecule has 0 unspecified atom stereocenters. The summed E-state index contributed by atoms with van der Waals surface area (Å²) in [6.07, 6.45) is 0. The second kappa shape index (κ2) is 5.68. The maximum absolute atomic E-state index is 13.5. The van der Waals surface area contributed by atoms with Crippen molar-refractivity contribution in [3.8, 4) is 0 Å². The lowest BCUT2D eigenvalue weighted by Gasteiger charge is -2.10. The Labute approximate surface area is 138 Å². The van der Waals surface area contributed by atoms with E-state index < -0.39 is 38.2 Å². The Morgan fingerprint density at radius 3 is 2.38 bits per heavy atom. The van der Waals surface area contributed by atoms with E-state index in [1.54, 1.807) is 18.2 Å². The van der Waals surface area contributed by atoms with E-state index in [-0.39, 0.29) is 11.4 Å². The lowest BCUT2D eigenvalue weighted by Crippen LogP contribution is -2.31. The van der Waals surface area contributed by atoms with E-state index in [0.29, 0.717) is 5.56 Å². The number of nitrogens with two attached hydrogens (primary N) is 1. The molecule has 126 valence electrons. The third kappa shape index (κ3) is 2.32. The second-order valence-corrected chi connectivity index (χ2v) is 7.93. The summed E-state index contributed by atoms with van der Waals surface area (Å²) >= 11 is 0. The Kier molecular flexibility index (Phi) is 3.93. The van der Waals surface area contributed by atoms with Crippen molar-refractivity contribution in [1.82, 2.24) is 0 Å². The predicted octanol–water partition coefficient (Wildman–Crippen LogP) is 1.80. The summed E-state index contributed by atoms with van der Waals surface area (Å²) in [5, 5.41) is 8.42. The number of halogens is 1. The fourth-order valence-electron chi connectivity index (χ4n) is 3.37. The van der Waals surface area contributed by atoms with Crippen LogP contribution >= 0.6 is 0 Å². The summed E-state index contributed by atoms with van der Waals surface area (Å²) in [6.45, 7) is -0.347. The van der Waals surface area contributed by atoms with Crippen LogP contribution in [0.15, 0.2) is 59.5 Å². The summed E-state index contributed by atoms with van der Waals surface area (Å²) in [5.74, 6) is -2.73. The van der Waals surface area contributed by atoms with Crippen LogP contribution in [0.5, 0.6) is 0 Å². The van der Waals surface area contributed by atoms with Crippen LogP contribution in [0, 0.1) is 11.2 Å². The SMILES string of the molecule is NC[C@@]1(C(=O)O)[C@@H](c2cccc(F)c2)[C@@H]1S(=O)(=O)c1ccccc1. The van der Waals surface area contributed by atoms with E-state index in [1.807, 2.05) is 0 Å². The van der Waals surface area contributed by atoms with E-state index >= 15 is 0 Å². The van der Waals surface area contributed by atoms with Crippen molar-refractivity contribution in [2.45, 2.75) is 16.1 Å². The van der Waals surface area contributed by atoms with Crippen LogP contribution in [0.4, 0.5) is 4.39 Å². The number of carbonyl (C=O) groups is 1. The molecule has 1 fully saturated rings. The second-order valence-electron chi connectivity index (χ2n) is 5.86. The molecule has 3 rings (SSSR count). The molecule has 0 radical (unpaired) electrons. The number of sulfone groups is 1. The van der Waals surface area contributed by atoms with Crippen LogP contribution in [-0.2, 0) is 14.6 Å². The van der Waals surface area contributed by atoms with Crippen LogP contribution in [0.1, 0.15) is 11.5 Å². The minimum Gasteiger partial charge on any atom is -0.481 e. The third-order valence-corrected chi connectivity index (χ3v) is 6.90. The van der Waals surface area contributed by atoms with Crippen LogP contribution < -0.4 is 5.73 Å². The zero-order chi connectivity index (χ0) is 17.5. The van der Waals surface area contributed by atoms with Crippen LogP contribution in [0.25, 0.3) is 0 Å². The molecule has 1 aliphatic carbocycles. The first-order valence-corrected chi connectivity index (χ1v) is 8.88. The fourth-order valence-corrected chi connectivity index (χ4v) is 5.78. The molecule has 0 heterocycles. The van der Waals surface area contributed by atoms with Gasteiger partial charge in [-0.3, -0.25) is 4.79 Å². The highest BCUT2D eigenvalue weighted by molar-refractivity contribution is 7.92. The van der Waals surface area contributed by atoms with Crippen molar-refractivity contribution in [3.63, 3.8) is 0 Å². The summed E-state index contributed by atoms with van der Waals surface area (Å²) in [7, 11) is -3.92. The highest BCUT2D eigenvalue weighted by Crippen LogP contribution is 2.63.